The summed E-state index contributed by atoms with van der Waals surface area (Å²) in [4.78, 5) is 42.7. The Bertz CT molecular complexity index is 1330. The lowest BCUT2D eigenvalue weighted by atomic mass is 9.98. The summed E-state index contributed by atoms with van der Waals surface area (Å²) in [5.41, 5.74) is 1.71. The molecule has 3 aromatic rings. The standard InChI is InChI=1S/C34H45N3O4/c1-8-9-20-37(32(39)29(21-23(2)3)36-33(40)41-34(5,6)7)30(26-16-14-24(4)15-17-26)31(38)35-28-19-18-25-12-10-11-13-27(25)22-28/h10-19,22-23,29-30H,8-9,20-21H2,1-7H3,(H,35,38)(H,36,40). The molecule has 0 aliphatic heterocycles. The Balaban J connectivity index is 2.01. The smallest absolute Gasteiger partial charge is 0.408 e. The Morgan fingerprint density at radius 1 is 0.927 bits per heavy atom. The third-order valence-electron chi connectivity index (χ3n) is 6.70. The number of fused-ring (bicyclic) bond motifs is 1. The summed E-state index contributed by atoms with van der Waals surface area (Å²) in [7, 11) is 0. The van der Waals surface area contributed by atoms with Crippen LogP contribution in [-0.4, -0.2) is 41.0 Å². The fourth-order valence-electron chi connectivity index (χ4n) is 4.74. The van der Waals surface area contributed by atoms with E-state index < -0.39 is 23.8 Å². The van der Waals surface area contributed by atoms with Crippen LogP contribution in [0.5, 0.6) is 0 Å². The summed E-state index contributed by atoms with van der Waals surface area (Å²) < 4.78 is 5.48. The molecule has 41 heavy (non-hydrogen) atoms. The van der Waals surface area contributed by atoms with Gasteiger partial charge in [-0.05, 0) is 74.9 Å². The predicted octanol–water partition coefficient (Wildman–Crippen LogP) is 7.40. The van der Waals surface area contributed by atoms with Crippen molar-refractivity contribution in [1.29, 1.82) is 0 Å². The fraction of sp³-hybridized carbons (Fsp3) is 0.441. The van der Waals surface area contributed by atoms with Crippen LogP contribution in [0.15, 0.2) is 66.7 Å². The molecule has 0 saturated carbocycles. The number of unbranched alkanes of at least 4 members (excludes halogenated alkanes) is 1. The molecule has 3 amide bonds. The molecule has 0 aliphatic carbocycles. The molecular formula is C34H45N3O4. The molecule has 7 heteroatoms. The number of hydrogen-bond acceptors (Lipinski definition) is 4. The number of anilines is 1. The first-order valence-electron chi connectivity index (χ1n) is 14.5. The van der Waals surface area contributed by atoms with Gasteiger partial charge in [-0.1, -0.05) is 87.4 Å². The van der Waals surface area contributed by atoms with Crippen LogP contribution in [0, 0.1) is 12.8 Å². The van der Waals surface area contributed by atoms with E-state index >= 15 is 0 Å². The lowest BCUT2D eigenvalue weighted by molar-refractivity contribution is -0.141. The maximum atomic E-state index is 14.3. The van der Waals surface area contributed by atoms with Gasteiger partial charge in [0.1, 0.15) is 17.7 Å². The van der Waals surface area contributed by atoms with Crippen molar-refractivity contribution in [1.82, 2.24) is 10.2 Å². The zero-order chi connectivity index (χ0) is 30.2. The number of rotatable bonds is 11. The van der Waals surface area contributed by atoms with Gasteiger partial charge in [0.15, 0.2) is 0 Å². The number of hydrogen-bond donors (Lipinski definition) is 2. The molecule has 0 spiro atoms. The molecule has 220 valence electrons. The van der Waals surface area contributed by atoms with Crippen molar-refractivity contribution in [3.63, 3.8) is 0 Å². The molecule has 3 rings (SSSR count). The first kappa shape index (κ1) is 31.7. The molecule has 2 unspecified atom stereocenters. The molecule has 0 aromatic heterocycles. The molecule has 2 atom stereocenters. The minimum atomic E-state index is -0.892. The van der Waals surface area contributed by atoms with E-state index in [1.54, 1.807) is 25.7 Å². The molecule has 2 N–H and O–H groups in total. The molecule has 0 fully saturated rings. The van der Waals surface area contributed by atoms with Crippen LogP contribution in [0.25, 0.3) is 10.8 Å². The van der Waals surface area contributed by atoms with E-state index in [1.165, 1.54) is 0 Å². The van der Waals surface area contributed by atoms with Gasteiger partial charge in [-0.3, -0.25) is 9.59 Å². The summed E-state index contributed by atoms with van der Waals surface area (Å²) in [5, 5.41) is 7.95. The number of alkyl carbamates (subject to hydrolysis) is 1. The first-order chi connectivity index (χ1) is 19.4. The average molecular weight is 560 g/mol. The average Bonchev–Trinajstić information content (AvgIpc) is 2.89. The summed E-state index contributed by atoms with van der Waals surface area (Å²) in [6.45, 7) is 13.7. The quantitative estimate of drug-likeness (QED) is 0.256. The van der Waals surface area contributed by atoms with E-state index in [0.29, 0.717) is 30.6 Å². The van der Waals surface area contributed by atoms with E-state index in [1.807, 2.05) is 94.4 Å². The van der Waals surface area contributed by atoms with Crippen LogP contribution in [0.1, 0.15) is 78.0 Å². The fourth-order valence-corrected chi connectivity index (χ4v) is 4.74. The SMILES string of the molecule is CCCCN(C(=O)C(CC(C)C)NC(=O)OC(C)(C)C)C(C(=O)Nc1ccc2ccccc2c1)c1ccc(C)cc1. The molecule has 0 heterocycles. The van der Waals surface area contributed by atoms with Crippen LogP contribution in [-0.2, 0) is 14.3 Å². The van der Waals surface area contributed by atoms with Gasteiger partial charge in [-0.2, -0.15) is 0 Å². The molecule has 7 nitrogen and oxygen atoms in total. The minimum absolute atomic E-state index is 0.121. The minimum Gasteiger partial charge on any atom is -0.444 e. The highest BCUT2D eigenvalue weighted by molar-refractivity contribution is 6.00. The molecule has 0 radical (unpaired) electrons. The van der Waals surface area contributed by atoms with Crippen LogP contribution in [0.4, 0.5) is 10.5 Å². The number of aryl methyl sites for hydroxylation is 1. The topological polar surface area (TPSA) is 87.7 Å². The van der Waals surface area contributed by atoms with Crippen molar-refractivity contribution in [3.05, 3.63) is 77.9 Å². The molecular weight excluding hydrogens is 514 g/mol. The predicted molar refractivity (Wildman–Crippen MR) is 166 cm³/mol. The number of carbonyl (C=O) groups is 3. The lowest BCUT2D eigenvalue weighted by Gasteiger charge is -2.35. The number of carbonyl (C=O) groups excluding carboxylic acids is 3. The zero-order valence-electron chi connectivity index (χ0n) is 25.5. The highest BCUT2D eigenvalue weighted by atomic mass is 16.6. The highest BCUT2D eigenvalue weighted by Gasteiger charge is 2.36. The number of nitrogens with one attached hydrogen (secondary N) is 2. The second kappa shape index (κ2) is 14.2. The van der Waals surface area contributed by atoms with E-state index in [0.717, 1.165) is 22.8 Å². The summed E-state index contributed by atoms with van der Waals surface area (Å²) in [5.74, 6) is -0.498. The number of benzene rings is 3. The summed E-state index contributed by atoms with van der Waals surface area (Å²) >= 11 is 0. The Labute approximate surface area is 244 Å². The molecule has 3 aromatic carbocycles. The normalized spacial score (nSPS) is 13.0. The number of amides is 3. The van der Waals surface area contributed by atoms with Crippen LogP contribution in [0.2, 0.25) is 0 Å². The van der Waals surface area contributed by atoms with E-state index in [-0.39, 0.29) is 17.7 Å². The van der Waals surface area contributed by atoms with Crippen LogP contribution >= 0.6 is 0 Å². The Hall–Kier alpha value is -3.87. The van der Waals surface area contributed by atoms with E-state index in [4.69, 9.17) is 4.74 Å². The van der Waals surface area contributed by atoms with E-state index in [2.05, 4.69) is 10.6 Å². The van der Waals surface area contributed by atoms with Crippen molar-refractivity contribution in [2.75, 3.05) is 11.9 Å². The van der Waals surface area contributed by atoms with Gasteiger partial charge in [-0.15, -0.1) is 0 Å². The Morgan fingerprint density at radius 3 is 2.20 bits per heavy atom. The second-order valence-corrected chi connectivity index (χ2v) is 12.1. The van der Waals surface area contributed by atoms with Crippen molar-refractivity contribution in [3.8, 4) is 0 Å². The van der Waals surface area contributed by atoms with Gasteiger partial charge in [0, 0.05) is 12.2 Å². The van der Waals surface area contributed by atoms with Crippen LogP contribution < -0.4 is 10.6 Å². The Morgan fingerprint density at radius 2 is 1.59 bits per heavy atom. The number of nitrogens with zero attached hydrogens (tertiary/aromatic N) is 1. The summed E-state index contributed by atoms with van der Waals surface area (Å²) in [6.07, 6.45) is 1.30. The van der Waals surface area contributed by atoms with Crippen LogP contribution in [0.3, 0.4) is 0 Å². The van der Waals surface area contributed by atoms with Gasteiger partial charge in [0.2, 0.25) is 5.91 Å². The van der Waals surface area contributed by atoms with Gasteiger partial charge >= 0.3 is 6.09 Å². The van der Waals surface area contributed by atoms with Gasteiger partial charge < -0.3 is 20.3 Å². The number of ether oxygens (including phenoxy) is 1. The lowest BCUT2D eigenvalue weighted by Crippen LogP contribution is -2.53. The van der Waals surface area contributed by atoms with Crippen molar-refractivity contribution >= 4 is 34.4 Å². The largest absolute Gasteiger partial charge is 0.444 e. The van der Waals surface area contributed by atoms with Crippen molar-refractivity contribution in [2.24, 2.45) is 5.92 Å². The highest BCUT2D eigenvalue weighted by Crippen LogP contribution is 2.27. The molecule has 0 saturated heterocycles. The second-order valence-electron chi connectivity index (χ2n) is 12.1. The van der Waals surface area contributed by atoms with E-state index in [9.17, 15) is 14.4 Å². The zero-order valence-corrected chi connectivity index (χ0v) is 25.5. The Kier molecular flexibility index (Phi) is 10.9. The molecule has 0 bridgehead atoms. The maximum Gasteiger partial charge on any atom is 0.408 e. The monoisotopic (exact) mass is 559 g/mol. The van der Waals surface area contributed by atoms with Crippen molar-refractivity contribution in [2.45, 2.75) is 85.4 Å². The third kappa shape index (κ3) is 9.34. The van der Waals surface area contributed by atoms with Gasteiger partial charge in [-0.25, -0.2) is 4.79 Å². The van der Waals surface area contributed by atoms with Gasteiger partial charge in [0.25, 0.3) is 5.91 Å². The maximum absolute atomic E-state index is 14.3. The van der Waals surface area contributed by atoms with Crippen molar-refractivity contribution < 1.29 is 19.1 Å². The molecule has 0 aliphatic rings. The third-order valence-corrected chi connectivity index (χ3v) is 6.70. The summed E-state index contributed by atoms with van der Waals surface area (Å²) in [6, 6.07) is 19.7. The van der Waals surface area contributed by atoms with Gasteiger partial charge in [0.05, 0.1) is 0 Å². The first-order valence-corrected chi connectivity index (χ1v) is 14.5.